The zero-order valence-corrected chi connectivity index (χ0v) is 8.51. The van der Waals surface area contributed by atoms with Crippen LogP contribution in [0.25, 0.3) is 10.4 Å². The van der Waals surface area contributed by atoms with Gasteiger partial charge in [-0.25, -0.2) is 8.42 Å². The van der Waals surface area contributed by atoms with E-state index in [2.05, 4.69) is 16.6 Å². The maximum absolute atomic E-state index is 11.0. The van der Waals surface area contributed by atoms with Crippen LogP contribution in [0.2, 0.25) is 0 Å². The van der Waals surface area contributed by atoms with Gasteiger partial charge in [-0.05, 0) is 5.53 Å². The first-order valence-corrected chi connectivity index (χ1v) is 5.80. The Labute approximate surface area is 85.9 Å². The summed E-state index contributed by atoms with van der Waals surface area (Å²) in [5, 5.41) is 11.9. The number of hydrogen-bond acceptors (Lipinski definition) is 4. The lowest BCUT2D eigenvalue weighted by Gasteiger charge is -2.40. The van der Waals surface area contributed by atoms with Gasteiger partial charge in [-0.1, -0.05) is 11.2 Å². The van der Waals surface area contributed by atoms with Crippen LogP contribution < -0.4 is 0 Å². The maximum atomic E-state index is 11.0. The Bertz CT molecular complexity index is 435. The molecule has 0 bridgehead atoms. The van der Waals surface area contributed by atoms with Crippen LogP contribution in [0.4, 0.5) is 0 Å². The van der Waals surface area contributed by atoms with Crippen molar-refractivity contribution in [2.45, 2.75) is 6.04 Å². The van der Waals surface area contributed by atoms with E-state index in [4.69, 9.17) is 10.6 Å². The van der Waals surface area contributed by atoms with Crippen LogP contribution in [0.1, 0.15) is 0 Å². The van der Waals surface area contributed by atoms with E-state index < -0.39 is 27.3 Å². The highest BCUT2D eigenvalue weighted by atomic mass is 32.2. The summed E-state index contributed by atoms with van der Waals surface area (Å²) in [6, 6.07) is -1.41. The van der Waals surface area contributed by atoms with Crippen LogP contribution in [-0.4, -0.2) is 37.0 Å². The summed E-state index contributed by atoms with van der Waals surface area (Å²) in [7, 11) is -3.22. The molecule has 82 valence electrons. The second-order valence-electron chi connectivity index (χ2n) is 3.42. The predicted molar refractivity (Wildman–Crippen MR) is 51.9 cm³/mol. The van der Waals surface area contributed by atoms with E-state index in [-0.39, 0.29) is 11.5 Å². The molecule has 0 saturated carbocycles. The van der Waals surface area contributed by atoms with Gasteiger partial charge in [-0.2, -0.15) is 0 Å². The topological polar surface area (TPSA) is 120 Å². The van der Waals surface area contributed by atoms with Crippen molar-refractivity contribution < 1.29 is 18.3 Å². The Hall–Kier alpha value is -1.53. The smallest absolute Gasteiger partial charge is 0.313 e. The first-order chi connectivity index (χ1) is 6.87. The van der Waals surface area contributed by atoms with Gasteiger partial charge in [0.1, 0.15) is 6.04 Å². The third-order valence-electron chi connectivity index (χ3n) is 2.33. The Morgan fingerprint density at radius 2 is 2.20 bits per heavy atom. The monoisotopic (exact) mass is 231 g/mol. The van der Waals surface area contributed by atoms with Crippen LogP contribution in [0.15, 0.2) is 17.8 Å². The van der Waals surface area contributed by atoms with E-state index in [1.54, 1.807) is 0 Å². The Morgan fingerprint density at radius 3 is 2.47 bits per heavy atom. The van der Waals surface area contributed by atoms with Gasteiger partial charge in [0.05, 0.1) is 11.5 Å². The zero-order chi connectivity index (χ0) is 11.7. The average molecular weight is 231 g/mol. The molecule has 1 N–H and O–H groups in total. The molecule has 7 nitrogen and oxygen atoms in total. The van der Waals surface area contributed by atoms with E-state index in [1.165, 1.54) is 6.08 Å². The van der Waals surface area contributed by atoms with Crippen LogP contribution >= 0.6 is 0 Å². The highest BCUT2D eigenvalue weighted by Gasteiger charge is 2.54. The molecule has 8 heteroatoms. The lowest BCUT2D eigenvalue weighted by atomic mass is 9.83. The second-order valence-corrected chi connectivity index (χ2v) is 5.48. The van der Waals surface area contributed by atoms with E-state index in [0.29, 0.717) is 0 Å². The third-order valence-corrected chi connectivity index (χ3v) is 4.28. The van der Waals surface area contributed by atoms with Crippen LogP contribution in [0.5, 0.6) is 0 Å². The van der Waals surface area contributed by atoms with Crippen molar-refractivity contribution in [1.29, 1.82) is 0 Å². The molecule has 0 aromatic heterocycles. The summed E-state index contributed by atoms with van der Waals surface area (Å²) in [4.78, 5) is 13.2. The van der Waals surface area contributed by atoms with Crippen molar-refractivity contribution >= 4 is 15.8 Å². The Morgan fingerprint density at radius 1 is 1.67 bits per heavy atom. The molecule has 1 heterocycles. The standard InChI is InChI=1S/C7H9N3O4S/c1-2-7(3-15(13,14)4-7)5(6(11)12)9-10-8/h2,5H,1,3-4H2,(H,11,12)/t5-/m1/s1. The molecule has 1 rings (SSSR count). The van der Waals surface area contributed by atoms with Gasteiger partial charge in [-0.3, -0.25) is 4.79 Å². The van der Waals surface area contributed by atoms with E-state index in [9.17, 15) is 13.2 Å². The number of aliphatic carboxylic acids is 1. The first-order valence-electron chi connectivity index (χ1n) is 3.98. The van der Waals surface area contributed by atoms with Gasteiger partial charge in [0.15, 0.2) is 9.84 Å². The minimum atomic E-state index is -3.22. The molecular formula is C7H9N3O4S. The summed E-state index contributed by atoms with van der Waals surface area (Å²) in [5.41, 5.74) is 7.05. The third kappa shape index (κ3) is 1.95. The number of carboxylic acid groups (broad SMARTS) is 1. The van der Waals surface area contributed by atoms with Gasteiger partial charge in [-0.15, -0.1) is 6.58 Å². The molecule has 0 radical (unpaired) electrons. The molecule has 0 unspecified atom stereocenters. The lowest BCUT2D eigenvalue weighted by Crippen LogP contribution is -2.56. The van der Waals surface area contributed by atoms with Gasteiger partial charge in [0.25, 0.3) is 0 Å². The summed E-state index contributed by atoms with van der Waals surface area (Å²) in [6.07, 6.45) is 1.24. The number of rotatable bonds is 4. The second kappa shape index (κ2) is 3.56. The van der Waals surface area contributed by atoms with Gasteiger partial charge in [0, 0.05) is 10.3 Å². The quantitative estimate of drug-likeness (QED) is 0.324. The predicted octanol–water partition coefficient (Wildman–Crippen LogP) is 0.351. The number of nitrogens with zero attached hydrogens (tertiary/aromatic N) is 3. The fourth-order valence-electron chi connectivity index (χ4n) is 1.63. The molecule has 0 aliphatic carbocycles. The molecular weight excluding hydrogens is 222 g/mol. The fourth-order valence-corrected chi connectivity index (χ4v) is 3.73. The van der Waals surface area contributed by atoms with E-state index in [1.807, 2.05) is 0 Å². The first kappa shape index (κ1) is 11.5. The van der Waals surface area contributed by atoms with E-state index in [0.717, 1.165) is 0 Å². The summed E-state index contributed by atoms with van der Waals surface area (Å²) in [5.74, 6) is -2.01. The summed E-state index contributed by atoms with van der Waals surface area (Å²) in [6.45, 7) is 3.39. The van der Waals surface area contributed by atoms with Gasteiger partial charge >= 0.3 is 5.97 Å². The van der Waals surface area contributed by atoms with Crippen molar-refractivity contribution in [3.63, 3.8) is 0 Å². The average Bonchev–Trinajstić information content (AvgIpc) is 2.09. The number of sulfone groups is 1. The minimum Gasteiger partial charge on any atom is -0.481 e. The SMILES string of the molecule is C=CC1([C@H](N=[N+]=[N-])C(=O)O)CS(=O)(=O)C1. The summed E-state index contributed by atoms with van der Waals surface area (Å²) >= 11 is 0. The zero-order valence-electron chi connectivity index (χ0n) is 7.70. The molecule has 1 aliphatic heterocycles. The molecule has 0 spiro atoms. The minimum absolute atomic E-state index is 0.334. The molecule has 1 atom stereocenters. The Kier molecular flexibility index (Phi) is 2.74. The van der Waals surface area contributed by atoms with Gasteiger partial charge < -0.3 is 5.11 Å². The lowest BCUT2D eigenvalue weighted by molar-refractivity contribution is -0.140. The van der Waals surface area contributed by atoms with Crippen LogP contribution in [0.3, 0.4) is 0 Å². The number of carbonyl (C=O) groups is 1. The molecule has 0 aromatic rings. The van der Waals surface area contributed by atoms with Crippen LogP contribution in [0, 0.1) is 5.41 Å². The van der Waals surface area contributed by atoms with Crippen molar-refractivity contribution in [1.82, 2.24) is 0 Å². The number of azide groups is 1. The van der Waals surface area contributed by atoms with E-state index >= 15 is 0 Å². The fraction of sp³-hybridized carbons (Fsp3) is 0.571. The van der Waals surface area contributed by atoms with Gasteiger partial charge in [0.2, 0.25) is 0 Å². The summed E-state index contributed by atoms with van der Waals surface area (Å²) < 4.78 is 22.0. The largest absolute Gasteiger partial charge is 0.481 e. The molecule has 15 heavy (non-hydrogen) atoms. The van der Waals surface area contributed by atoms with Crippen molar-refractivity contribution in [2.24, 2.45) is 10.5 Å². The molecule has 0 amide bonds. The highest BCUT2D eigenvalue weighted by Crippen LogP contribution is 2.39. The number of hydrogen-bond donors (Lipinski definition) is 1. The highest BCUT2D eigenvalue weighted by molar-refractivity contribution is 7.92. The maximum Gasteiger partial charge on any atom is 0.313 e. The molecule has 1 aliphatic rings. The number of carboxylic acids is 1. The van der Waals surface area contributed by atoms with Crippen molar-refractivity contribution in [3.05, 3.63) is 23.1 Å². The van der Waals surface area contributed by atoms with Crippen molar-refractivity contribution in [2.75, 3.05) is 11.5 Å². The Balaban J connectivity index is 3.06. The van der Waals surface area contributed by atoms with Crippen LogP contribution in [-0.2, 0) is 14.6 Å². The molecule has 1 fully saturated rings. The van der Waals surface area contributed by atoms with Crippen molar-refractivity contribution in [3.8, 4) is 0 Å². The normalized spacial score (nSPS) is 22.9. The molecule has 1 saturated heterocycles. The molecule has 0 aromatic carbocycles.